The molecule has 0 bridgehead atoms. The van der Waals surface area contributed by atoms with Crippen molar-refractivity contribution in [3.8, 4) is 11.5 Å². The van der Waals surface area contributed by atoms with Gasteiger partial charge in [-0.25, -0.2) is 9.69 Å². The lowest BCUT2D eigenvalue weighted by molar-refractivity contribution is -0.137. The van der Waals surface area contributed by atoms with Gasteiger partial charge in [0.15, 0.2) is 0 Å². The number of urea groups is 1. The number of imide groups is 1. The van der Waals surface area contributed by atoms with Gasteiger partial charge in [-0.1, -0.05) is 0 Å². The molecule has 0 unspecified atom stereocenters. The number of amides is 3. The van der Waals surface area contributed by atoms with Crippen molar-refractivity contribution in [2.24, 2.45) is 0 Å². The summed E-state index contributed by atoms with van der Waals surface area (Å²) in [6, 6.07) is 10.0. The lowest BCUT2D eigenvalue weighted by atomic mass is 10.2. The Morgan fingerprint density at radius 3 is 2.48 bits per heavy atom. The summed E-state index contributed by atoms with van der Waals surface area (Å²) < 4.78 is 45.7. The fourth-order valence-electron chi connectivity index (χ4n) is 3.37. The van der Waals surface area contributed by atoms with E-state index in [9.17, 15) is 22.8 Å². The van der Waals surface area contributed by atoms with Crippen LogP contribution in [-0.2, 0) is 11.0 Å². The van der Waals surface area contributed by atoms with Gasteiger partial charge in [-0.2, -0.15) is 13.2 Å². The Balaban J connectivity index is 1.35. The van der Waals surface area contributed by atoms with Crippen LogP contribution in [0.3, 0.4) is 0 Å². The van der Waals surface area contributed by atoms with E-state index in [-0.39, 0.29) is 11.4 Å². The van der Waals surface area contributed by atoms with Crippen molar-refractivity contribution in [1.29, 1.82) is 0 Å². The lowest BCUT2D eigenvalue weighted by Gasteiger charge is -2.18. The maximum Gasteiger partial charge on any atom is 0.417 e. The van der Waals surface area contributed by atoms with Gasteiger partial charge in [0.1, 0.15) is 18.0 Å². The van der Waals surface area contributed by atoms with Crippen LogP contribution in [0.4, 0.5) is 29.3 Å². The lowest BCUT2D eigenvalue weighted by Crippen LogP contribution is -2.33. The second-order valence-corrected chi connectivity index (χ2v) is 8.05. The van der Waals surface area contributed by atoms with E-state index in [4.69, 9.17) is 4.74 Å². The molecule has 0 saturated carbocycles. The second kappa shape index (κ2) is 7.85. The SMILES string of the molecule is O=C1CN(c2cncc(C(F)(F)F)c2)C(=O)N1c1ccc(Oc2cnc3ccsc3c2)cc1. The number of aromatic nitrogens is 2. The zero-order valence-corrected chi connectivity index (χ0v) is 17.4. The monoisotopic (exact) mass is 470 g/mol. The number of nitrogens with zero attached hydrogens (tertiary/aromatic N) is 4. The number of anilines is 2. The predicted molar refractivity (Wildman–Crippen MR) is 116 cm³/mol. The number of pyridine rings is 2. The number of carbonyl (C=O) groups is 2. The first kappa shape index (κ1) is 20.9. The molecule has 11 heteroatoms. The summed E-state index contributed by atoms with van der Waals surface area (Å²) in [4.78, 5) is 35.1. The molecule has 166 valence electrons. The van der Waals surface area contributed by atoms with Crippen LogP contribution in [0.1, 0.15) is 5.56 Å². The van der Waals surface area contributed by atoms with Crippen LogP contribution in [-0.4, -0.2) is 28.5 Å². The Labute approximate surface area is 188 Å². The molecule has 7 nitrogen and oxygen atoms in total. The molecule has 33 heavy (non-hydrogen) atoms. The van der Waals surface area contributed by atoms with Gasteiger partial charge in [-0.3, -0.25) is 19.7 Å². The van der Waals surface area contributed by atoms with Crippen LogP contribution in [0.2, 0.25) is 0 Å². The number of fused-ring (bicyclic) bond motifs is 1. The molecule has 3 amide bonds. The van der Waals surface area contributed by atoms with Gasteiger partial charge in [0, 0.05) is 12.3 Å². The molecule has 1 aromatic carbocycles. The number of carbonyl (C=O) groups excluding carboxylic acids is 2. The zero-order valence-electron chi connectivity index (χ0n) is 16.6. The number of benzene rings is 1. The molecule has 0 spiro atoms. The van der Waals surface area contributed by atoms with Gasteiger partial charge in [-0.05, 0) is 41.8 Å². The Morgan fingerprint density at radius 1 is 0.939 bits per heavy atom. The Kier molecular flexibility index (Phi) is 4.97. The molecule has 1 fully saturated rings. The maximum absolute atomic E-state index is 13.0. The van der Waals surface area contributed by atoms with E-state index in [0.29, 0.717) is 17.7 Å². The van der Waals surface area contributed by atoms with Crippen molar-refractivity contribution in [3.63, 3.8) is 0 Å². The van der Waals surface area contributed by atoms with Crippen LogP contribution in [0.25, 0.3) is 10.2 Å². The van der Waals surface area contributed by atoms with Crippen LogP contribution in [0, 0.1) is 0 Å². The fraction of sp³-hybridized carbons (Fsp3) is 0.0909. The first-order chi connectivity index (χ1) is 15.8. The van der Waals surface area contributed by atoms with E-state index in [0.717, 1.165) is 32.3 Å². The molecule has 1 aliphatic rings. The standard InChI is InChI=1S/C22H13F3N4O3S/c23-22(24,25)13-7-15(10-26-9-13)28-12-20(30)29(21(28)31)14-1-3-16(4-2-14)32-17-8-19-18(27-11-17)5-6-33-19/h1-11H,12H2. The number of hydrogen-bond acceptors (Lipinski definition) is 6. The average Bonchev–Trinajstić information content (AvgIpc) is 3.37. The molecular formula is C22H13F3N4O3S. The highest BCUT2D eigenvalue weighted by molar-refractivity contribution is 7.17. The molecule has 4 aromatic rings. The smallest absolute Gasteiger partial charge is 0.417 e. The molecule has 3 aromatic heterocycles. The normalized spacial score (nSPS) is 14.4. The average molecular weight is 470 g/mol. The van der Waals surface area contributed by atoms with Crippen molar-refractivity contribution in [2.45, 2.75) is 6.18 Å². The van der Waals surface area contributed by atoms with E-state index in [1.54, 1.807) is 18.3 Å². The highest BCUT2D eigenvalue weighted by Crippen LogP contribution is 2.33. The Hall–Kier alpha value is -3.99. The van der Waals surface area contributed by atoms with Crippen LogP contribution in [0.15, 0.2) is 66.4 Å². The molecule has 1 saturated heterocycles. The fourth-order valence-corrected chi connectivity index (χ4v) is 4.14. The number of ether oxygens (including phenoxy) is 1. The first-order valence-electron chi connectivity index (χ1n) is 9.57. The van der Waals surface area contributed by atoms with E-state index < -0.39 is 30.2 Å². The summed E-state index contributed by atoms with van der Waals surface area (Å²) in [7, 11) is 0. The predicted octanol–water partition coefficient (Wildman–Crippen LogP) is 5.48. The minimum atomic E-state index is -4.62. The van der Waals surface area contributed by atoms with Gasteiger partial charge >= 0.3 is 12.2 Å². The summed E-state index contributed by atoms with van der Waals surface area (Å²) in [5, 5.41) is 1.93. The van der Waals surface area contributed by atoms with Crippen molar-refractivity contribution < 1.29 is 27.5 Å². The van der Waals surface area contributed by atoms with Gasteiger partial charge in [0.2, 0.25) is 0 Å². The third kappa shape index (κ3) is 3.98. The van der Waals surface area contributed by atoms with Crippen LogP contribution in [0.5, 0.6) is 11.5 Å². The molecule has 5 rings (SSSR count). The maximum atomic E-state index is 13.0. The molecule has 1 aliphatic heterocycles. The van der Waals surface area contributed by atoms with Crippen LogP contribution < -0.4 is 14.5 Å². The largest absolute Gasteiger partial charge is 0.456 e. The summed E-state index contributed by atoms with van der Waals surface area (Å²) in [5.41, 5.74) is 0.0263. The Morgan fingerprint density at radius 2 is 1.73 bits per heavy atom. The van der Waals surface area contributed by atoms with Gasteiger partial charge < -0.3 is 4.74 Å². The topological polar surface area (TPSA) is 75.6 Å². The first-order valence-corrected chi connectivity index (χ1v) is 10.5. The molecule has 4 heterocycles. The minimum Gasteiger partial charge on any atom is -0.456 e. The molecular weight excluding hydrogens is 457 g/mol. The minimum absolute atomic E-state index is 0.109. The van der Waals surface area contributed by atoms with Crippen molar-refractivity contribution in [1.82, 2.24) is 9.97 Å². The number of thiophene rings is 1. The van der Waals surface area contributed by atoms with Gasteiger partial charge in [-0.15, -0.1) is 11.3 Å². The van der Waals surface area contributed by atoms with Gasteiger partial charge in [0.05, 0.1) is 39.5 Å². The molecule has 0 N–H and O–H groups in total. The summed E-state index contributed by atoms with van der Waals surface area (Å²) in [6.07, 6.45) is -1.25. The Bertz CT molecular complexity index is 1370. The summed E-state index contributed by atoms with van der Waals surface area (Å²) in [5.74, 6) is 0.433. The number of halogens is 3. The van der Waals surface area contributed by atoms with E-state index in [1.807, 2.05) is 17.5 Å². The van der Waals surface area contributed by atoms with E-state index in [1.165, 1.54) is 23.5 Å². The highest BCUT2D eigenvalue weighted by atomic mass is 32.1. The summed E-state index contributed by atoms with van der Waals surface area (Å²) in [6.45, 7) is -0.396. The number of hydrogen-bond donors (Lipinski definition) is 0. The van der Waals surface area contributed by atoms with Gasteiger partial charge in [0.25, 0.3) is 5.91 Å². The van der Waals surface area contributed by atoms with Crippen molar-refractivity contribution >= 4 is 44.9 Å². The highest BCUT2D eigenvalue weighted by Gasteiger charge is 2.39. The van der Waals surface area contributed by atoms with Crippen LogP contribution >= 0.6 is 11.3 Å². The molecule has 0 radical (unpaired) electrons. The third-order valence-electron chi connectivity index (χ3n) is 4.94. The van der Waals surface area contributed by atoms with E-state index >= 15 is 0 Å². The summed E-state index contributed by atoms with van der Waals surface area (Å²) >= 11 is 1.54. The number of alkyl halides is 3. The van der Waals surface area contributed by atoms with Crippen molar-refractivity contribution in [2.75, 3.05) is 16.3 Å². The zero-order chi connectivity index (χ0) is 23.2. The second-order valence-electron chi connectivity index (χ2n) is 7.10. The number of rotatable bonds is 4. The van der Waals surface area contributed by atoms with Crippen molar-refractivity contribution in [3.05, 3.63) is 72.0 Å². The molecule has 0 atom stereocenters. The van der Waals surface area contributed by atoms with E-state index in [2.05, 4.69) is 9.97 Å². The quantitative estimate of drug-likeness (QED) is 0.370. The molecule has 0 aliphatic carbocycles. The third-order valence-corrected chi connectivity index (χ3v) is 5.79.